The number of carbonyl (C=O) groups is 1. The highest BCUT2D eigenvalue weighted by atomic mass is 16.5. The summed E-state index contributed by atoms with van der Waals surface area (Å²) in [5.74, 6) is 0.0615. The smallest absolute Gasteiger partial charge is 0.341 e. The van der Waals surface area contributed by atoms with Crippen molar-refractivity contribution in [1.82, 2.24) is 0 Å². The monoisotopic (exact) mass is 237 g/mol. The van der Waals surface area contributed by atoms with Gasteiger partial charge in [-0.25, -0.2) is 4.79 Å². The highest BCUT2D eigenvalue weighted by Gasteiger charge is 2.24. The van der Waals surface area contributed by atoms with E-state index in [1.165, 1.54) is 7.11 Å². The number of methoxy groups -OCH3 is 1. The lowest BCUT2D eigenvalue weighted by Gasteiger charge is -2.13. The Kier molecular flexibility index (Phi) is 3.19. The van der Waals surface area contributed by atoms with Gasteiger partial charge in [0.15, 0.2) is 18.1 Å². The summed E-state index contributed by atoms with van der Waals surface area (Å²) in [7, 11) is 1.53. The number of nitrogens with two attached hydrogens (primary N) is 1. The molecule has 0 saturated carbocycles. The van der Waals surface area contributed by atoms with Crippen LogP contribution < -0.4 is 15.2 Å². The van der Waals surface area contributed by atoms with E-state index >= 15 is 0 Å². The van der Waals surface area contributed by atoms with Gasteiger partial charge in [-0.1, -0.05) is 6.07 Å². The Labute approximate surface area is 99.1 Å². The van der Waals surface area contributed by atoms with Gasteiger partial charge >= 0.3 is 5.97 Å². The molecule has 0 aromatic heterocycles. The molecule has 0 bridgehead atoms. The molecule has 0 heterocycles. The summed E-state index contributed by atoms with van der Waals surface area (Å²) in [4.78, 5) is 10.5. The van der Waals surface area contributed by atoms with Gasteiger partial charge in [0.2, 0.25) is 0 Å². The normalized spacial score (nSPS) is 17.6. The topological polar surface area (TPSA) is 81.8 Å². The number of hydrogen-bond donors (Lipinski definition) is 2. The zero-order chi connectivity index (χ0) is 12.4. The van der Waals surface area contributed by atoms with Gasteiger partial charge in [-0.15, -0.1) is 0 Å². The van der Waals surface area contributed by atoms with Crippen molar-refractivity contribution < 1.29 is 19.4 Å². The average molecular weight is 237 g/mol. The predicted molar refractivity (Wildman–Crippen MR) is 61.5 cm³/mol. The molecule has 1 aliphatic carbocycles. The molecule has 0 saturated heterocycles. The Morgan fingerprint density at radius 1 is 1.53 bits per heavy atom. The van der Waals surface area contributed by atoms with Gasteiger partial charge in [-0.3, -0.25) is 0 Å². The van der Waals surface area contributed by atoms with E-state index in [1.807, 2.05) is 6.07 Å². The second kappa shape index (κ2) is 4.63. The van der Waals surface area contributed by atoms with Gasteiger partial charge in [0.1, 0.15) is 0 Å². The van der Waals surface area contributed by atoms with Crippen molar-refractivity contribution in [3.8, 4) is 11.5 Å². The number of rotatable bonds is 4. The van der Waals surface area contributed by atoms with E-state index in [0.717, 1.165) is 17.5 Å². The lowest BCUT2D eigenvalue weighted by Crippen LogP contribution is -2.19. The molecule has 5 nitrogen and oxygen atoms in total. The van der Waals surface area contributed by atoms with Crippen molar-refractivity contribution in [2.24, 2.45) is 5.73 Å². The van der Waals surface area contributed by atoms with Crippen LogP contribution in [0, 0.1) is 0 Å². The summed E-state index contributed by atoms with van der Waals surface area (Å²) in [6.45, 7) is -0.373. The number of benzene rings is 1. The Balaban J connectivity index is 2.33. The van der Waals surface area contributed by atoms with Crippen molar-refractivity contribution in [2.45, 2.75) is 18.9 Å². The summed E-state index contributed by atoms with van der Waals surface area (Å²) < 4.78 is 10.5. The van der Waals surface area contributed by atoms with Gasteiger partial charge < -0.3 is 20.3 Å². The first-order valence-electron chi connectivity index (χ1n) is 5.40. The van der Waals surface area contributed by atoms with E-state index in [1.54, 1.807) is 6.07 Å². The predicted octanol–water partition coefficient (Wildman–Crippen LogP) is 0.584. The van der Waals surface area contributed by atoms with Crippen molar-refractivity contribution >= 4 is 5.97 Å². The highest BCUT2D eigenvalue weighted by Crippen LogP contribution is 2.38. The molecule has 0 fully saturated rings. The molecular weight excluding hydrogens is 222 g/mol. The Morgan fingerprint density at radius 2 is 2.29 bits per heavy atom. The minimum absolute atomic E-state index is 0.0734. The quantitative estimate of drug-likeness (QED) is 0.800. The zero-order valence-electron chi connectivity index (χ0n) is 9.60. The molecule has 0 aliphatic heterocycles. The summed E-state index contributed by atoms with van der Waals surface area (Å²) >= 11 is 0. The van der Waals surface area contributed by atoms with Crippen LogP contribution in [-0.2, 0) is 17.6 Å². The van der Waals surface area contributed by atoms with Gasteiger partial charge in [0.25, 0.3) is 0 Å². The summed E-state index contributed by atoms with van der Waals surface area (Å²) in [5, 5.41) is 8.65. The third-order valence-electron chi connectivity index (χ3n) is 2.83. The largest absolute Gasteiger partial charge is 0.493 e. The summed E-state index contributed by atoms with van der Waals surface area (Å²) in [5.41, 5.74) is 7.97. The molecule has 92 valence electrons. The van der Waals surface area contributed by atoms with E-state index in [9.17, 15) is 4.79 Å². The van der Waals surface area contributed by atoms with E-state index in [2.05, 4.69) is 0 Å². The van der Waals surface area contributed by atoms with Crippen LogP contribution in [0.25, 0.3) is 0 Å². The standard InChI is InChI=1S/C12H15NO4/c1-16-10-3-2-7-4-8(13)5-9(7)12(10)17-6-11(14)15/h2-3,8H,4-6,13H2,1H3,(H,14,15). The van der Waals surface area contributed by atoms with Gasteiger partial charge in [-0.2, -0.15) is 0 Å². The van der Waals surface area contributed by atoms with Crippen LogP contribution in [-0.4, -0.2) is 30.8 Å². The van der Waals surface area contributed by atoms with Crippen LogP contribution in [0.2, 0.25) is 0 Å². The van der Waals surface area contributed by atoms with Crippen LogP contribution in [0.15, 0.2) is 12.1 Å². The first-order chi connectivity index (χ1) is 8.11. The molecule has 1 unspecified atom stereocenters. The van der Waals surface area contributed by atoms with E-state index in [0.29, 0.717) is 17.9 Å². The number of carboxylic acids is 1. The molecule has 3 N–H and O–H groups in total. The van der Waals surface area contributed by atoms with Crippen molar-refractivity contribution in [2.75, 3.05) is 13.7 Å². The van der Waals surface area contributed by atoms with E-state index in [-0.39, 0.29) is 12.6 Å². The molecule has 1 aliphatic rings. The minimum atomic E-state index is -1.01. The van der Waals surface area contributed by atoms with Gasteiger partial charge in [-0.05, 0) is 24.5 Å². The fourth-order valence-electron chi connectivity index (χ4n) is 2.13. The molecule has 5 heteroatoms. The molecular formula is C12H15NO4. The number of ether oxygens (including phenoxy) is 2. The lowest BCUT2D eigenvalue weighted by atomic mass is 10.1. The first-order valence-corrected chi connectivity index (χ1v) is 5.40. The maximum Gasteiger partial charge on any atom is 0.341 e. The Bertz CT molecular complexity index is 444. The SMILES string of the molecule is COc1ccc2c(c1OCC(=O)O)CC(N)C2. The number of carboxylic acid groups (broad SMARTS) is 1. The number of hydrogen-bond acceptors (Lipinski definition) is 4. The molecule has 1 aromatic rings. The first kappa shape index (κ1) is 11.7. The molecule has 0 amide bonds. The summed E-state index contributed by atoms with van der Waals surface area (Å²) in [6, 6.07) is 3.81. The minimum Gasteiger partial charge on any atom is -0.493 e. The molecule has 1 aromatic carbocycles. The fourth-order valence-corrected chi connectivity index (χ4v) is 2.13. The molecule has 2 rings (SSSR count). The van der Waals surface area contributed by atoms with Crippen LogP contribution in [0.4, 0.5) is 0 Å². The highest BCUT2D eigenvalue weighted by molar-refractivity contribution is 5.69. The van der Waals surface area contributed by atoms with Gasteiger partial charge in [0, 0.05) is 11.6 Å². The fraction of sp³-hybridized carbons (Fsp3) is 0.417. The van der Waals surface area contributed by atoms with Crippen LogP contribution in [0.1, 0.15) is 11.1 Å². The zero-order valence-corrected chi connectivity index (χ0v) is 9.60. The van der Waals surface area contributed by atoms with Crippen molar-refractivity contribution in [3.05, 3.63) is 23.3 Å². The maximum absolute atomic E-state index is 10.5. The van der Waals surface area contributed by atoms with Crippen LogP contribution in [0.5, 0.6) is 11.5 Å². The third kappa shape index (κ3) is 2.34. The molecule has 0 radical (unpaired) electrons. The van der Waals surface area contributed by atoms with E-state index in [4.69, 9.17) is 20.3 Å². The molecule has 17 heavy (non-hydrogen) atoms. The lowest BCUT2D eigenvalue weighted by molar-refractivity contribution is -0.139. The Morgan fingerprint density at radius 3 is 2.94 bits per heavy atom. The van der Waals surface area contributed by atoms with Gasteiger partial charge in [0.05, 0.1) is 7.11 Å². The third-order valence-corrected chi connectivity index (χ3v) is 2.83. The molecule has 0 spiro atoms. The van der Waals surface area contributed by atoms with Crippen molar-refractivity contribution in [3.63, 3.8) is 0 Å². The number of fused-ring (bicyclic) bond motifs is 1. The second-order valence-electron chi connectivity index (χ2n) is 4.09. The second-order valence-corrected chi connectivity index (χ2v) is 4.09. The van der Waals surface area contributed by atoms with Crippen LogP contribution >= 0.6 is 0 Å². The van der Waals surface area contributed by atoms with E-state index < -0.39 is 5.97 Å². The number of aliphatic carboxylic acids is 1. The Hall–Kier alpha value is -1.75. The van der Waals surface area contributed by atoms with Crippen molar-refractivity contribution in [1.29, 1.82) is 0 Å². The van der Waals surface area contributed by atoms with Crippen LogP contribution in [0.3, 0.4) is 0 Å². The molecule has 1 atom stereocenters. The maximum atomic E-state index is 10.5. The summed E-state index contributed by atoms with van der Waals surface area (Å²) in [6.07, 6.45) is 1.49. The average Bonchev–Trinajstić information content (AvgIpc) is 2.65.